The highest BCUT2D eigenvalue weighted by Crippen LogP contribution is 2.17. The Balaban J connectivity index is 2.19. The standard InChI is InChI=1S/C13H16FN3O2/c1-3-18-13(19-4-2)12-9-17(16-15-12)11-7-5-10(14)6-8-11/h5-9,13H,3-4H2,1-2H3. The van der Waals surface area contributed by atoms with Crippen LogP contribution in [0.1, 0.15) is 25.8 Å². The quantitative estimate of drug-likeness (QED) is 0.753. The van der Waals surface area contributed by atoms with Crippen LogP contribution in [0.3, 0.4) is 0 Å². The zero-order valence-electron chi connectivity index (χ0n) is 10.9. The molecular weight excluding hydrogens is 249 g/mol. The van der Waals surface area contributed by atoms with Gasteiger partial charge in [0.15, 0.2) is 0 Å². The van der Waals surface area contributed by atoms with Crippen LogP contribution in [-0.2, 0) is 9.47 Å². The van der Waals surface area contributed by atoms with Crippen LogP contribution in [0.15, 0.2) is 30.5 Å². The van der Waals surface area contributed by atoms with Gasteiger partial charge in [-0.15, -0.1) is 5.10 Å². The SMILES string of the molecule is CCOC(OCC)c1cn(-c2ccc(F)cc2)nn1. The van der Waals surface area contributed by atoms with Crippen LogP contribution in [0.5, 0.6) is 0 Å². The number of ether oxygens (including phenoxy) is 2. The van der Waals surface area contributed by atoms with Crippen molar-refractivity contribution in [2.24, 2.45) is 0 Å². The molecule has 102 valence electrons. The molecule has 0 N–H and O–H groups in total. The van der Waals surface area contributed by atoms with Crippen LogP contribution < -0.4 is 0 Å². The molecule has 1 aromatic carbocycles. The maximum Gasteiger partial charge on any atom is 0.204 e. The Morgan fingerprint density at radius 1 is 1.16 bits per heavy atom. The third-order valence-electron chi connectivity index (χ3n) is 2.48. The zero-order chi connectivity index (χ0) is 13.7. The summed E-state index contributed by atoms with van der Waals surface area (Å²) in [4.78, 5) is 0. The average Bonchev–Trinajstić information content (AvgIpc) is 2.89. The second-order valence-electron chi connectivity index (χ2n) is 3.81. The van der Waals surface area contributed by atoms with Crippen LogP contribution in [-0.4, -0.2) is 28.2 Å². The Kier molecular flexibility index (Phi) is 4.59. The second-order valence-corrected chi connectivity index (χ2v) is 3.81. The highest BCUT2D eigenvalue weighted by atomic mass is 19.1. The summed E-state index contributed by atoms with van der Waals surface area (Å²) in [6.45, 7) is 4.81. The van der Waals surface area contributed by atoms with E-state index in [4.69, 9.17) is 9.47 Å². The topological polar surface area (TPSA) is 49.2 Å². The number of halogens is 1. The van der Waals surface area contributed by atoms with Gasteiger partial charge >= 0.3 is 0 Å². The third kappa shape index (κ3) is 3.36. The molecule has 1 heterocycles. The van der Waals surface area contributed by atoms with Gasteiger partial charge in [-0.1, -0.05) is 5.21 Å². The minimum absolute atomic E-state index is 0.286. The monoisotopic (exact) mass is 265 g/mol. The number of hydrogen-bond donors (Lipinski definition) is 0. The van der Waals surface area contributed by atoms with Crippen molar-refractivity contribution in [3.63, 3.8) is 0 Å². The Labute approximate surface area is 111 Å². The normalized spacial score (nSPS) is 11.2. The number of nitrogens with zero attached hydrogens (tertiary/aromatic N) is 3. The van der Waals surface area contributed by atoms with Crippen molar-refractivity contribution in [3.05, 3.63) is 42.0 Å². The Hall–Kier alpha value is -1.79. The maximum absolute atomic E-state index is 12.9. The molecule has 0 aliphatic heterocycles. The third-order valence-corrected chi connectivity index (χ3v) is 2.48. The van der Waals surface area contributed by atoms with Crippen LogP contribution in [0.25, 0.3) is 5.69 Å². The summed E-state index contributed by atoms with van der Waals surface area (Å²) in [6, 6.07) is 6.01. The van der Waals surface area contributed by atoms with E-state index in [2.05, 4.69) is 10.3 Å². The van der Waals surface area contributed by atoms with Gasteiger partial charge in [-0.25, -0.2) is 9.07 Å². The van der Waals surface area contributed by atoms with Gasteiger partial charge in [0.25, 0.3) is 0 Å². The van der Waals surface area contributed by atoms with E-state index in [0.717, 1.165) is 5.69 Å². The van der Waals surface area contributed by atoms with E-state index in [-0.39, 0.29) is 5.82 Å². The molecule has 0 atom stereocenters. The molecule has 0 unspecified atom stereocenters. The van der Waals surface area contributed by atoms with Crippen molar-refractivity contribution in [1.82, 2.24) is 15.0 Å². The first kappa shape index (κ1) is 13.6. The molecule has 0 bridgehead atoms. The Morgan fingerprint density at radius 3 is 2.37 bits per heavy atom. The van der Waals surface area contributed by atoms with Crippen LogP contribution >= 0.6 is 0 Å². The van der Waals surface area contributed by atoms with Crippen LogP contribution in [0.4, 0.5) is 4.39 Å². The Bertz CT molecular complexity index is 507. The molecule has 0 aliphatic rings. The molecule has 2 rings (SSSR count). The summed E-state index contributed by atoms with van der Waals surface area (Å²) in [5, 5.41) is 8.01. The molecule has 2 aromatic rings. The fourth-order valence-electron chi connectivity index (χ4n) is 1.63. The van der Waals surface area contributed by atoms with Crippen molar-refractivity contribution in [2.45, 2.75) is 20.1 Å². The van der Waals surface area contributed by atoms with Gasteiger partial charge in [0.2, 0.25) is 6.29 Å². The van der Waals surface area contributed by atoms with Gasteiger partial charge < -0.3 is 9.47 Å². The molecule has 6 heteroatoms. The van der Waals surface area contributed by atoms with Gasteiger partial charge in [-0.3, -0.25) is 0 Å². The number of aromatic nitrogens is 3. The van der Waals surface area contributed by atoms with E-state index in [1.54, 1.807) is 23.0 Å². The van der Waals surface area contributed by atoms with Gasteiger partial charge in [0.05, 0.1) is 11.9 Å². The number of hydrogen-bond acceptors (Lipinski definition) is 4. The predicted molar refractivity (Wildman–Crippen MR) is 67.3 cm³/mol. The molecule has 0 amide bonds. The van der Waals surface area contributed by atoms with Crippen LogP contribution in [0.2, 0.25) is 0 Å². The second kappa shape index (κ2) is 6.40. The predicted octanol–water partition coefficient (Wildman–Crippen LogP) is 2.48. The summed E-state index contributed by atoms with van der Waals surface area (Å²) in [7, 11) is 0. The van der Waals surface area contributed by atoms with Gasteiger partial charge in [-0.05, 0) is 38.1 Å². The van der Waals surface area contributed by atoms with Gasteiger partial charge in [-0.2, -0.15) is 0 Å². The fraction of sp³-hybridized carbons (Fsp3) is 0.385. The Morgan fingerprint density at radius 2 is 1.79 bits per heavy atom. The summed E-state index contributed by atoms with van der Waals surface area (Å²) in [6.07, 6.45) is 1.19. The molecule has 5 nitrogen and oxygen atoms in total. The van der Waals surface area contributed by atoms with E-state index in [1.165, 1.54) is 12.1 Å². The highest BCUT2D eigenvalue weighted by Gasteiger charge is 2.16. The molecule has 19 heavy (non-hydrogen) atoms. The number of rotatable bonds is 6. The van der Waals surface area contributed by atoms with E-state index in [9.17, 15) is 4.39 Å². The summed E-state index contributed by atoms with van der Waals surface area (Å²) < 4.78 is 25.3. The lowest BCUT2D eigenvalue weighted by atomic mass is 10.3. The largest absolute Gasteiger partial charge is 0.347 e. The first-order chi connectivity index (χ1) is 9.24. The van der Waals surface area contributed by atoms with E-state index < -0.39 is 6.29 Å². The first-order valence-electron chi connectivity index (χ1n) is 6.16. The molecule has 0 saturated carbocycles. The first-order valence-corrected chi connectivity index (χ1v) is 6.16. The molecule has 0 spiro atoms. The lowest BCUT2D eigenvalue weighted by Crippen LogP contribution is -2.09. The minimum Gasteiger partial charge on any atom is -0.347 e. The van der Waals surface area contributed by atoms with Crippen molar-refractivity contribution in [3.8, 4) is 5.69 Å². The van der Waals surface area contributed by atoms with Crippen LogP contribution in [0, 0.1) is 5.82 Å². The number of benzene rings is 1. The van der Waals surface area contributed by atoms with Crippen molar-refractivity contribution >= 4 is 0 Å². The smallest absolute Gasteiger partial charge is 0.204 e. The van der Waals surface area contributed by atoms with Crippen molar-refractivity contribution in [2.75, 3.05) is 13.2 Å². The fourth-order valence-corrected chi connectivity index (χ4v) is 1.63. The lowest BCUT2D eigenvalue weighted by molar-refractivity contribution is -0.142. The van der Waals surface area contributed by atoms with Crippen molar-refractivity contribution in [1.29, 1.82) is 0 Å². The van der Waals surface area contributed by atoms with Gasteiger partial charge in [0, 0.05) is 13.2 Å². The van der Waals surface area contributed by atoms with E-state index in [0.29, 0.717) is 18.9 Å². The zero-order valence-corrected chi connectivity index (χ0v) is 10.9. The summed E-state index contributed by atoms with van der Waals surface area (Å²) >= 11 is 0. The minimum atomic E-state index is -0.524. The summed E-state index contributed by atoms with van der Waals surface area (Å²) in [5.74, 6) is -0.286. The van der Waals surface area contributed by atoms with Crippen molar-refractivity contribution < 1.29 is 13.9 Å². The highest BCUT2D eigenvalue weighted by molar-refractivity contribution is 5.30. The van der Waals surface area contributed by atoms with E-state index >= 15 is 0 Å². The average molecular weight is 265 g/mol. The lowest BCUT2D eigenvalue weighted by Gasteiger charge is -2.13. The molecule has 0 saturated heterocycles. The molecule has 1 aromatic heterocycles. The molecule has 0 radical (unpaired) electrons. The van der Waals surface area contributed by atoms with E-state index in [1.807, 2.05) is 13.8 Å². The molecular formula is C13H16FN3O2. The summed E-state index contributed by atoms with van der Waals surface area (Å²) in [5.41, 5.74) is 1.32. The van der Waals surface area contributed by atoms with Gasteiger partial charge in [0.1, 0.15) is 11.5 Å². The molecule has 0 aliphatic carbocycles. The molecule has 0 fully saturated rings. The maximum atomic E-state index is 12.9.